The van der Waals surface area contributed by atoms with Gasteiger partial charge in [-0.05, 0) is 18.2 Å². The minimum absolute atomic E-state index is 0.147. The highest BCUT2D eigenvalue weighted by molar-refractivity contribution is 6.31. The molecule has 1 saturated heterocycles. The van der Waals surface area contributed by atoms with Gasteiger partial charge >= 0.3 is 0 Å². The molecule has 0 radical (unpaired) electrons. The normalized spacial score (nSPS) is 15.5. The van der Waals surface area contributed by atoms with Gasteiger partial charge in [-0.25, -0.2) is 4.98 Å². The number of ether oxygens (including phenoxy) is 2. The number of benzene rings is 1. The molecule has 21 heavy (non-hydrogen) atoms. The molecule has 0 spiro atoms. The molecule has 1 aliphatic rings. The van der Waals surface area contributed by atoms with Gasteiger partial charge in [0.1, 0.15) is 10.9 Å². The van der Waals surface area contributed by atoms with E-state index in [-0.39, 0.29) is 6.61 Å². The standard InChI is InChI=1S/C15H17ClN2O3/c1-20-10-2-3-13-11(8-10)14(12(9-19)15(16)17-13)18-4-6-21-7-5-18/h2-3,8,19H,4-7,9H2,1H3. The van der Waals surface area contributed by atoms with Gasteiger partial charge in [0.05, 0.1) is 38.1 Å². The van der Waals surface area contributed by atoms with Gasteiger partial charge in [0.15, 0.2) is 0 Å². The maximum atomic E-state index is 9.70. The van der Waals surface area contributed by atoms with Crippen LogP contribution in [0.3, 0.4) is 0 Å². The van der Waals surface area contributed by atoms with E-state index in [1.807, 2.05) is 18.2 Å². The Morgan fingerprint density at radius 1 is 1.38 bits per heavy atom. The Morgan fingerprint density at radius 3 is 2.81 bits per heavy atom. The summed E-state index contributed by atoms with van der Waals surface area (Å²) < 4.78 is 10.7. The first-order valence-corrected chi connectivity index (χ1v) is 7.22. The minimum Gasteiger partial charge on any atom is -0.497 e. The second-order valence-corrected chi connectivity index (χ2v) is 5.23. The molecular formula is C15H17ClN2O3. The Morgan fingerprint density at radius 2 is 2.14 bits per heavy atom. The van der Waals surface area contributed by atoms with Crippen LogP contribution >= 0.6 is 11.6 Å². The van der Waals surface area contributed by atoms with E-state index in [1.165, 1.54) is 0 Å². The fourth-order valence-corrected chi connectivity index (χ4v) is 2.89. The van der Waals surface area contributed by atoms with E-state index in [1.54, 1.807) is 7.11 Å². The zero-order valence-corrected chi connectivity index (χ0v) is 12.6. The number of halogens is 1. The molecular weight excluding hydrogens is 292 g/mol. The highest BCUT2D eigenvalue weighted by atomic mass is 35.5. The molecule has 1 N–H and O–H groups in total. The molecule has 112 valence electrons. The summed E-state index contributed by atoms with van der Waals surface area (Å²) in [5.41, 5.74) is 2.37. The Balaban J connectivity index is 2.24. The molecule has 1 aromatic heterocycles. The average Bonchev–Trinajstić information content (AvgIpc) is 2.54. The van der Waals surface area contributed by atoms with Crippen molar-refractivity contribution in [2.24, 2.45) is 0 Å². The number of anilines is 1. The Bertz CT molecular complexity index is 657. The number of fused-ring (bicyclic) bond motifs is 1. The molecule has 1 aliphatic heterocycles. The van der Waals surface area contributed by atoms with Crippen molar-refractivity contribution < 1.29 is 14.6 Å². The number of aliphatic hydroxyl groups excluding tert-OH is 1. The summed E-state index contributed by atoms with van der Waals surface area (Å²) in [4.78, 5) is 6.55. The first kappa shape index (κ1) is 14.4. The van der Waals surface area contributed by atoms with E-state index in [4.69, 9.17) is 21.1 Å². The number of hydrogen-bond donors (Lipinski definition) is 1. The Labute approximate surface area is 128 Å². The molecule has 0 atom stereocenters. The van der Waals surface area contributed by atoms with Crippen LogP contribution in [-0.4, -0.2) is 43.5 Å². The van der Waals surface area contributed by atoms with Gasteiger partial charge in [-0.15, -0.1) is 0 Å². The van der Waals surface area contributed by atoms with Crippen LogP contribution < -0.4 is 9.64 Å². The minimum atomic E-state index is -0.147. The SMILES string of the molecule is COc1ccc2nc(Cl)c(CO)c(N3CCOCC3)c2c1. The van der Waals surface area contributed by atoms with Crippen molar-refractivity contribution in [2.75, 3.05) is 38.3 Å². The third kappa shape index (κ3) is 2.64. The lowest BCUT2D eigenvalue weighted by atomic mass is 10.1. The largest absolute Gasteiger partial charge is 0.497 e. The molecule has 6 heteroatoms. The van der Waals surface area contributed by atoms with E-state index in [0.29, 0.717) is 23.9 Å². The highest BCUT2D eigenvalue weighted by Crippen LogP contribution is 2.36. The molecule has 5 nitrogen and oxygen atoms in total. The van der Waals surface area contributed by atoms with Crippen molar-refractivity contribution in [3.8, 4) is 5.75 Å². The van der Waals surface area contributed by atoms with Crippen LogP contribution in [0, 0.1) is 0 Å². The zero-order chi connectivity index (χ0) is 14.8. The van der Waals surface area contributed by atoms with Gasteiger partial charge in [0, 0.05) is 24.0 Å². The summed E-state index contributed by atoms with van der Waals surface area (Å²) in [7, 11) is 1.63. The third-order valence-corrected chi connectivity index (χ3v) is 4.01. The third-order valence-electron chi connectivity index (χ3n) is 3.70. The van der Waals surface area contributed by atoms with Gasteiger partial charge in [-0.2, -0.15) is 0 Å². The lowest BCUT2D eigenvalue weighted by Crippen LogP contribution is -2.37. The van der Waals surface area contributed by atoms with Gasteiger partial charge in [0.2, 0.25) is 0 Å². The van der Waals surface area contributed by atoms with Gasteiger partial charge in [-0.3, -0.25) is 0 Å². The van der Waals surface area contributed by atoms with Crippen LogP contribution in [0.5, 0.6) is 5.75 Å². The maximum Gasteiger partial charge on any atom is 0.137 e. The van der Waals surface area contributed by atoms with Crippen LogP contribution in [-0.2, 0) is 11.3 Å². The number of methoxy groups -OCH3 is 1. The number of nitrogens with zero attached hydrogens (tertiary/aromatic N) is 2. The predicted octanol–water partition coefficient (Wildman–Crippen LogP) is 2.23. The molecule has 0 amide bonds. The van der Waals surface area contributed by atoms with Crippen molar-refractivity contribution in [2.45, 2.75) is 6.61 Å². The number of aliphatic hydroxyl groups is 1. The second-order valence-electron chi connectivity index (χ2n) is 4.87. The molecule has 0 aliphatic carbocycles. The van der Waals surface area contributed by atoms with Crippen LogP contribution in [0.2, 0.25) is 5.15 Å². The number of hydrogen-bond acceptors (Lipinski definition) is 5. The van der Waals surface area contributed by atoms with E-state index >= 15 is 0 Å². The number of pyridine rings is 1. The molecule has 3 rings (SSSR count). The Kier molecular flexibility index (Phi) is 4.14. The van der Waals surface area contributed by atoms with Gasteiger partial charge in [0.25, 0.3) is 0 Å². The van der Waals surface area contributed by atoms with Crippen molar-refractivity contribution >= 4 is 28.2 Å². The quantitative estimate of drug-likeness (QED) is 0.881. The summed E-state index contributed by atoms with van der Waals surface area (Å²) in [6, 6.07) is 5.67. The molecule has 2 aromatic rings. The summed E-state index contributed by atoms with van der Waals surface area (Å²) >= 11 is 6.24. The van der Waals surface area contributed by atoms with E-state index in [0.717, 1.165) is 35.4 Å². The first-order valence-electron chi connectivity index (χ1n) is 6.84. The summed E-state index contributed by atoms with van der Waals surface area (Å²) in [6.45, 7) is 2.71. The molecule has 1 aromatic carbocycles. The fourth-order valence-electron chi connectivity index (χ4n) is 2.65. The number of morpholine rings is 1. The number of rotatable bonds is 3. The van der Waals surface area contributed by atoms with Crippen molar-refractivity contribution in [1.82, 2.24) is 4.98 Å². The van der Waals surface area contributed by atoms with Gasteiger partial charge in [-0.1, -0.05) is 11.6 Å². The predicted molar refractivity (Wildman–Crippen MR) is 82.3 cm³/mol. The highest BCUT2D eigenvalue weighted by Gasteiger charge is 2.21. The molecule has 0 saturated carbocycles. The average molecular weight is 309 g/mol. The van der Waals surface area contributed by atoms with E-state index < -0.39 is 0 Å². The maximum absolute atomic E-state index is 9.70. The monoisotopic (exact) mass is 308 g/mol. The van der Waals surface area contributed by atoms with E-state index in [2.05, 4.69) is 9.88 Å². The summed E-state index contributed by atoms with van der Waals surface area (Å²) in [6.07, 6.45) is 0. The van der Waals surface area contributed by atoms with Gasteiger partial charge < -0.3 is 19.5 Å². The van der Waals surface area contributed by atoms with Crippen molar-refractivity contribution in [3.63, 3.8) is 0 Å². The van der Waals surface area contributed by atoms with Crippen LogP contribution in [0.25, 0.3) is 10.9 Å². The Hall–Kier alpha value is -1.56. The lowest BCUT2D eigenvalue weighted by molar-refractivity contribution is 0.122. The number of aromatic nitrogens is 1. The molecule has 2 heterocycles. The summed E-state index contributed by atoms with van der Waals surface area (Å²) in [5.74, 6) is 0.755. The topological polar surface area (TPSA) is 54.8 Å². The molecule has 0 bridgehead atoms. The molecule has 1 fully saturated rings. The lowest BCUT2D eigenvalue weighted by Gasteiger charge is -2.31. The molecule has 0 unspecified atom stereocenters. The second kappa shape index (κ2) is 6.05. The van der Waals surface area contributed by atoms with E-state index in [9.17, 15) is 5.11 Å². The smallest absolute Gasteiger partial charge is 0.137 e. The van der Waals surface area contributed by atoms with Crippen molar-refractivity contribution in [3.05, 3.63) is 28.9 Å². The zero-order valence-electron chi connectivity index (χ0n) is 11.8. The van der Waals surface area contributed by atoms with Crippen LogP contribution in [0.15, 0.2) is 18.2 Å². The summed E-state index contributed by atoms with van der Waals surface area (Å²) in [5, 5.41) is 11.0. The first-order chi connectivity index (χ1) is 10.2. The van der Waals surface area contributed by atoms with Crippen LogP contribution in [0.1, 0.15) is 5.56 Å². The van der Waals surface area contributed by atoms with Crippen LogP contribution in [0.4, 0.5) is 5.69 Å². The fraction of sp³-hybridized carbons (Fsp3) is 0.400. The van der Waals surface area contributed by atoms with Crippen molar-refractivity contribution in [1.29, 1.82) is 0 Å².